The molecule has 0 unspecified atom stereocenters. The van der Waals surface area contributed by atoms with Gasteiger partial charge in [-0.15, -0.1) is 0 Å². The summed E-state index contributed by atoms with van der Waals surface area (Å²) in [6.07, 6.45) is 1.05. The van der Waals surface area contributed by atoms with Crippen molar-refractivity contribution in [3.05, 3.63) is 65.2 Å². The van der Waals surface area contributed by atoms with Crippen LogP contribution in [0.25, 0.3) is 0 Å². The van der Waals surface area contributed by atoms with Gasteiger partial charge < -0.3 is 14.6 Å². The zero-order valence-electron chi connectivity index (χ0n) is 14.3. The highest BCUT2D eigenvalue weighted by Crippen LogP contribution is 2.29. The quantitative estimate of drug-likeness (QED) is 0.626. The molecule has 0 aliphatic carbocycles. The lowest BCUT2D eigenvalue weighted by atomic mass is 9.96. The van der Waals surface area contributed by atoms with E-state index >= 15 is 0 Å². The maximum absolute atomic E-state index is 5.65. The summed E-state index contributed by atoms with van der Waals surface area (Å²) in [5.74, 6) is 0. The normalized spacial score (nSPS) is 13.5. The van der Waals surface area contributed by atoms with Crippen LogP contribution in [-0.4, -0.2) is 32.7 Å². The van der Waals surface area contributed by atoms with Gasteiger partial charge in [0.2, 0.25) is 0 Å². The van der Waals surface area contributed by atoms with E-state index in [0.29, 0.717) is 13.2 Å². The molecule has 1 heterocycles. The van der Waals surface area contributed by atoms with Gasteiger partial charge in [-0.2, -0.15) is 0 Å². The molecule has 1 aliphatic heterocycles. The van der Waals surface area contributed by atoms with E-state index in [1.54, 1.807) is 0 Å². The molecule has 5 heteroatoms. The highest BCUT2D eigenvalue weighted by molar-refractivity contribution is 6.46. The molecule has 4 nitrogen and oxygen atoms in total. The van der Waals surface area contributed by atoms with Crippen molar-refractivity contribution >= 4 is 18.7 Å². The molecule has 0 radical (unpaired) electrons. The molecular weight excluding hydrogens is 299 g/mol. The lowest BCUT2D eigenvalue weighted by Crippen LogP contribution is -2.24. The lowest BCUT2D eigenvalue weighted by molar-refractivity contribution is 0.215. The molecule has 0 bridgehead atoms. The van der Waals surface area contributed by atoms with Crippen LogP contribution in [0, 0.1) is 0 Å². The zero-order valence-corrected chi connectivity index (χ0v) is 14.3. The third-order valence-electron chi connectivity index (χ3n) is 4.00. The van der Waals surface area contributed by atoms with Gasteiger partial charge in [-0.05, 0) is 31.4 Å². The van der Waals surface area contributed by atoms with Crippen LogP contribution < -0.4 is 5.32 Å². The molecular formula is C19H23BN2O2. The van der Waals surface area contributed by atoms with Crippen molar-refractivity contribution in [3.63, 3.8) is 0 Å². The van der Waals surface area contributed by atoms with Crippen LogP contribution in [0.15, 0.2) is 53.4 Å². The van der Waals surface area contributed by atoms with Crippen molar-refractivity contribution in [2.75, 3.05) is 25.1 Å². The van der Waals surface area contributed by atoms with E-state index < -0.39 is 7.25 Å². The van der Waals surface area contributed by atoms with Crippen LogP contribution in [0.4, 0.5) is 5.69 Å². The standard InChI is InChI=1S/C19H23BN2O2/c1-3-23-20(24-4-2)22-19(15-9-6-5-7-10-15)17-12-8-11-16-13-14-21-18(16)17/h5-12,21H,3-4,13-14H2,1-2H3. The first-order chi connectivity index (χ1) is 11.8. The third-order valence-corrected chi connectivity index (χ3v) is 4.00. The van der Waals surface area contributed by atoms with Crippen molar-refractivity contribution in [1.82, 2.24) is 0 Å². The smallest absolute Gasteiger partial charge is 0.391 e. The molecule has 0 saturated carbocycles. The van der Waals surface area contributed by atoms with Crippen LogP contribution in [-0.2, 0) is 15.7 Å². The van der Waals surface area contributed by atoms with Gasteiger partial charge in [0.25, 0.3) is 0 Å². The summed E-state index contributed by atoms with van der Waals surface area (Å²) in [5.41, 5.74) is 5.56. The van der Waals surface area contributed by atoms with Crippen molar-refractivity contribution < 1.29 is 9.31 Å². The Morgan fingerprint density at radius 2 is 1.79 bits per heavy atom. The molecule has 0 aromatic heterocycles. The Morgan fingerprint density at radius 1 is 1.04 bits per heavy atom. The fourth-order valence-electron chi connectivity index (χ4n) is 2.95. The fourth-order valence-corrected chi connectivity index (χ4v) is 2.95. The molecule has 0 fully saturated rings. The number of hydrogen-bond acceptors (Lipinski definition) is 4. The first kappa shape index (κ1) is 16.7. The molecule has 0 amide bonds. The molecule has 1 N–H and O–H groups in total. The molecule has 3 rings (SSSR count). The first-order valence-electron chi connectivity index (χ1n) is 8.56. The second-order valence-corrected chi connectivity index (χ2v) is 5.58. The van der Waals surface area contributed by atoms with Crippen molar-refractivity contribution in [3.8, 4) is 0 Å². The van der Waals surface area contributed by atoms with E-state index in [0.717, 1.165) is 29.8 Å². The van der Waals surface area contributed by atoms with E-state index in [2.05, 4.69) is 35.6 Å². The summed E-state index contributed by atoms with van der Waals surface area (Å²) in [7, 11) is -0.590. The number of nitrogens with one attached hydrogen (secondary N) is 1. The number of rotatable bonds is 7. The van der Waals surface area contributed by atoms with Crippen LogP contribution in [0.3, 0.4) is 0 Å². The highest BCUT2D eigenvalue weighted by Gasteiger charge is 2.23. The average Bonchev–Trinajstić information content (AvgIpc) is 3.09. The zero-order chi connectivity index (χ0) is 16.8. The van der Waals surface area contributed by atoms with Gasteiger partial charge in [0.1, 0.15) is 0 Å². The van der Waals surface area contributed by atoms with Crippen LogP contribution in [0.1, 0.15) is 30.5 Å². The summed E-state index contributed by atoms with van der Waals surface area (Å²) in [6, 6.07) is 16.6. The predicted molar refractivity (Wildman–Crippen MR) is 99.7 cm³/mol. The van der Waals surface area contributed by atoms with Gasteiger partial charge >= 0.3 is 7.25 Å². The monoisotopic (exact) mass is 322 g/mol. The van der Waals surface area contributed by atoms with Gasteiger partial charge in [-0.25, -0.2) is 0 Å². The summed E-state index contributed by atoms with van der Waals surface area (Å²) >= 11 is 0. The fraction of sp³-hybridized carbons (Fsp3) is 0.316. The van der Waals surface area contributed by atoms with E-state index in [1.807, 2.05) is 32.0 Å². The SMILES string of the molecule is CCOB(N=C(c1ccccc1)c1cccc2c1NCC2)OCC. The van der Waals surface area contributed by atoms with E-state index in [1.165, 1.54) is 11.3 Å². The van der Waals surface area contributed by atoms with Crippen LogP contribution in [0.2, 0.25) is 0 Å². The third kappa shape index (κ3) is 3.69. The molecule has 0 spiro atoms. The largest absolute Gasteiger partial charge is 0.612 e. The number of hydrogen-bond donors (Lipinski definition) is 1. The first-order valence-corrected chi connectivity index (χ1v) is 8.56. The number of anilines is 1. The minimum atomic E-state index is -0.590. The topological polar surface area (TPSA) is 42.8 Å². The van der Waals surface area contributed by atoms with Gasteiger partial charge in [-0.3, -0.25) is 4.90 Å². The second kappa shape index (κ2) is 8.13. The number of para-hydroxylation sites is 1. The molecule has 2 aromatic rings. The van der Waals surface area contributed by atoms with Crippen LogP contribution >= 0.6 is 0 Å². The van der Waals surface area contributed by atoms with E-state index in [9.17, 15) is 0 Å². The lowest BCUT2D eigenvalue weighted by Gasteiger charge is -2.15. The Balaban J connectivity index is 2.08. The van der Waals surface area contributed by atoms with E-state index in [4.69, 9.17) is 14.2 Å². The summed E-state index contributed by atoms with van der Waals surface area (Å²) < 4.78 is 11.3. The minimum Gasteiger partial charge on any atom is -0.391 e. The summed E-state index contributed by atoms with van der Waals surface area (Å²) in [5, 5.41) is 3.49. The maximum atomic E-state index is 5.65. The van der Waals surface area contributed by atoms with Crippen LogP contribution in [0.5, 0.6) is 0 Å². The molecule has 1 aliphatic rings. The average molecular weight is 322 g/mol. The molecule has 2 aromatic carbocycles. The Hall–Kier alpha value is -2.11. The Kier molecular flexibility index (Phi) is 5.67. The molecule has 0 atom stereocenters. The Morgan fingerprint density at radius 3 is 2.50 bits per heavy atom. The predicted octanol–water partition coefficient (Wildman–Crippen LogP) is 3.55. The number of benzene rings is 2. The molecule has 124 valence electrons. The van der Waals surface area contributed by atoms with Crippen molar-refractivity contribution in [2.45, 2.75) is 20.3 Å². The highest BCUT2D eigenvalue weighted by atomic mass is 16.6. The minimum absolute atomic E-state index is 0.557. The van der Waals surface area contributed by atoms with E-state index in [-0.39, 0.29) is 0 Å². The molecule has 0 saturated heterocycles. The van der Waals surface area contributed by atoms with Gasteiger partial charge in [0.15, 0.2) is 0 Å². The Labute approximate surface area is 144 Å². The van der Waals surface area contributed by atoms with Gasteiger partial charge in [0, 0.05) is 31.0 Å². The summed E-state index contributed by atoms with van der Waals surface area (Å²) in [6.45, 7) is 5.98. The van der Waals surface area contributed by atoms with Crippen molar-refractivity contribution in [2.24, 2.45) is 4.90 Å². The maximum Gasteiger partial charge on any atom is 0.612 e. The molecule has 24 heavy (non-hydrogen) atoms. The van der Waals surface area contributed by atoms with Crippen molar-refractivity contribution in [1.29, 1.82) is 0 Å². The summed E-state index contributed by atoms with van der Waals surface area (Å²) in [4.78, 5) is 4.81. The Bertz CT molecular complexity index is 698. The van der Waals surface area contributed by atoms with Gasteiger partial charge in [0.05, 0.1) is 5.71 Å². The van der Waals surface area contributed by atoms with Gasteiger partial charge in [-0.1, -0.05) is 48.5 Å². The second-order valence-electron chi connectivity index (χ2n) is 5.58. The number of fused-ring (bicyclic) bond motifs is 1. The number of nitrogens with zero attached hydrogens (tertiary/aromatic N) is 1.